The smallest absolute Gasteiger partial charge is 0.226 e. The first-order valence-corrected chi connectivity index (χ1v) is 9.29. The summed E-state index contributed by atoms with van der Waals surface area (Å²) < 4.78 is 36.9. The minimum absolute atomic E-state index is 0.201. The van der Waals surface area contributed by atoms with Crippen LogP contribution in [0.15, 0.2) is 41.8 Å². The maximum atomic E-state index is 13.4. The minimum Gasteiger partial charge on any atom is -0.497 e. The van der Waals surface area contributed by atoms with Gasteiger partial charge in [-0.05, 0) is 42.3 Å². The molecule has 2 aromatic carbocycles. The van der Waals surface area contributed by atoms with Crippen molar-refractivity contribution in [2.24, 2.45) is 0 Å². The summed E-state index contributed by atoms with van der Waals surface area (Å²) in [6.45, 7) is 0. The van der Waals surface area contributed by atoms with Gasteiger partial charge in [-0.15, -0.1) is 11.3 Å². The van der Waals surface area contributed by atoms with Crippen molar-refractivity contribution in [2.45, 2.75) is 12.8 Å². The van der Waals surface area contributed by atoms with E-state index in [1.165, 1.54) is 17.4 Å². The van der Waals surface area contributed by atoms with E-state index in [2.05, 4.69) is 10.3 Å². The average Bonchev–Trinajstić information content (AvgIpc) is 3.16. The second kappa shape index (κ2) is 8.79. The Morgan fingerprint density at radius 2 is 1.79 bits per heavy atom. The van der Waals surface area contributed by atoms with Gasteiger partial charge in [-0.25, -0.2) is 13.8 Å². The van der Waals surface area contributed by atoms with Gasteiger partial charge >= 0.3 is 0 Å². The van der Waals surface area contributed by atoms with Crippen molar-refractivity contribution in [1.29, 1.82) is 0 Å². The molecule has 0 aliphatic heterocycles. The second-order valence-corrected chi connectivity index (χ2v) is 6.79. The SMILES string of the molecule is COc1cc(CCC(=O)Nc2nc(-c3ccc(F)c(F)c3)cs2)cc(OC)c1. The van der Waals surface area contributed by atoms with Crippen molar-refractivity contribution in [3.05, 3.63) is 59.0 Å². The molecule has 0 atom stereocenters. The number of anilines is 1. The van der Waals surface area contributed by atoms with Crippen LogP contribution in [-0.2, 0) is 11.2 Å². The van der Waals surface area contributed by atoms with Crippen LogP contribution >= 0.6 is 11.3 Å². The molecule has 146 valence electrons. The molecule has 0 saturated carbocycles. The number of hydrogen-bond acceptors (Lipinski definition) is 5. The number of thiazole rings is 1. The number of ether oxygens (including phenoxy) is 2. The van der Waals surface area contributed by atoms with Crippen LogP contribution < -0.4 is 14.8 Å². The van der Waals surface area contributed by atoms with Crippen molar-refractivity contribution in [1.82, 2.24) is 4.98 Å². The number of carbonyl (C=O) groups is 1. The Bertz CT molecular complexity index is 969. The van der Waals surface area contributed by atoms with E-state index in [-0.39, 0.29) is 12.3 Å². The Morgan fingerprint density at radius 3 is 2.43 bits per heavy atom. The Morgan fingerprint density at radius 1 is 1.07 bits per heavy atom. The molecule has 1 heterocycles. The van der Waals surface area contributed by atoms with Gasteiger partial charge in [0.05, 0.1) is 19.9 Å². The van der Waals surface area contributed by atoms with Gasteiger partial charge in [-0.3, -0.25) is 4.79 Å². The Kier molecular flexibility index (Phi) is 6.20. The van der Waals surface area contributed by atoms with Gasteiger partial charge in [0, 0.05) is 23.4 Å². The van der Waals surface area contributed by atoms with E-state index >= 15 is 0 Å². The molecule has 0 unspecified atom stereocenters. The molecule has 0 fully saturated rings. The summed E-state index contributed by atoms with van der Waals surface area (Å²) in [5.41, 5.74) is 1.82. The van der Waals surface area contributed by atoms with Crippen molar-refractivity contribution in [2.75, 3.05) is 19.5 Å². The van der Waals surface area contributed by atoms with E-state index in [1.54, 1.807) is 25.7 Å². The normalized spacial score (nSPS) is 10.6. The maximum absolute atomic E-state index is 13.4. The van der Waals surface area contributed by atoms with Crippen molar-refractivity contribution >= 4 is 22.4 Å². The number of carbonyl (C=O) groups excluding carboxylic acids is 1. The first-order chi connectivity index (χ1) is 13.5. The molecule has 0 radical (unpaired) electrons. The number of nitrogens with zero attached hydrogens (tertiary/aromatic N) is 1. The highest BCUT2D eigenvalue weighted by atomic mass is 32.1. The zero-order valence-corrected chi connectivity index (χ0v) is 16.1. The number of methoxy groups -OCH3 is 2. The van der Waals surface area contributed by atoms with Gasteiger partial charge < -0.3 is 14.8 Å². The lowest BCUT2D eigenvalue weighted by atomic mass is 10.1. The zero-order valence-electron chi connectivity index (χ0n) is 15.3. The molecule has 1 amide bonds. The summed E-state index contributed by atoms with van der Waals surface area (Å²) in [6, 6.07) is 9.02. The number of aryl methyl sites for hydroxylation is 1. The molecular weight excluding hydrogens is 386 g/mol. The van der Waals surface area contributed by atoms with Crippen LogP contribution in [0.3, 0.4) is 0 Å². The molecule has 1 N–H and O–H groups in total. The van der Waals surface area contributed by atoms with E-state index in [0.29, 0.717) is 34.3 Å². The number of hydrogen-bond donors (Lipinski definition) is 1. The number of benzene rings is 2. The molecule has 0 bridgehead atoms. The monoisotopic (exact) mass is 404 g/mol. The third-order valence-corrected chi connectivity index (χ3v) is 4.78. The fourth-order valence-corrected chi connectivity index (χ4v) is 3.31. The van der Waals surface area contributed by atoms with E-state index < -0.39 is 11.6 Å². The molecule has 1 aromatic heterocycles. The lowest BCUT2D eigenvalue weighted by Crippen LogP contribution is -2.12. The van der Waals surface area contributed by atoms with Crippen LogP contribution in [0.25, 0.3) is 11.3 Å². The minimum atomic E-state index is -0.940. The van der Waals surface area contributed by atoms with Gasteiger partial charge in [0.25, 0.3) is 0 Å². The Hall–Kier alpha value is -3.00. The summed E-state index contributed by atoms with van der Waals surface area (Å²) in [4.78, 5) is 16.5. The molecule has 3 aromatic rings. The third-order valence-electron chi connectivity index (χ3n) is 4.02. The molecule has 0 saturated heterocycles. The van der Waals surface area contributed by atoms with E-state index in [4.69, 9.17) is 9.47 Å². The number of nitrogens with one attached hydrogen (secondary N) is 1. The molecule has 0 aliphatic rings. The predicted molar refractivity (Wildman–Crippen MR) is 104 cm³/mol. The quantitative estimate of drug-likeness (QED) is 0.621. The average molecular weight is 404 g/mol. The summed E-state index contributed by atoms with van der Waals surface area (Å²) in [7, 11) is 3.14. The van der Waals surface area contributed by atoms with Crippen molar-refractivity contribution in [3.63, 3.8) is 0 Å². The highest BCUT2D eigenvalue weighted by Crippen LogP contribution is 2.27. The summed E-state index contributed by atoms with van der Waals surface area (Å²) in [5.74, 6) is -0.740. The fraction of sp³-hybridized carbons (Fsp3) is 0.200. The van der Waals surface area contributed by atoms with Gasteiger partial charge in [0.2, 0.25) is 5.91 Å². The summed E-state index contributed by atoms with van der Waals surface area (Å²) in [5, 5.41) is 4.80. The Labute approximate surface area is 164 Å². The van der Waals surface area contributed by atoms with Gasteiger partial charge in [-0.2, -0.15) is 0 Å². The second-order valence-electron chi connectivity index (χ2n) is 5.94. The van der Waals surface area contributed by atoms with Crippen LogP contribution in [0.1, 0.15) is 12.0 Å². The zero-order chi connectivity index (χ0) is 20.1. The summed E-state index contributed by atoms with van der Waals surface area (Å²) >= 11 is 1.22. The lowest BCUT2D eigenvalue weighted by molar-refractivity contribution is -0.116. The molecule has 0 spiro atoms. The van der Waals surface area contributed by atoms with Crippen LogP contribution in [0.2, 0.25) is 0 Å². The van der Waals surface area contributed by atoms with Crippen molar-refractivity contribution in [3.8, 4) is 22.8 Å². The molecule has 3 rings (SSSR count). The van der Waals surface area contributed by atoms with E-state index in [1.807, 2.05) is 12.1 Å². The highest BCUT2D eigenvalue weighted by molar-refractivity contribution is 7.14. The number of rotatable bonds is 7. The van der Waals surface area contributed by atoms with E-state index in [9.17, 15) is 13.6 Å². The van der Waals surface area contributed by atoms with Crippen LogP contribution in [-0.4, -0.2) is 25.1 Å². The molecule has 0 aliphatic carbocycles. The lowest BCUT2D eigenvalue weighted by Gasteiger charge is -2.08. The standard InChI is InChI=1S/C20H18F2N2O3S/c1-26-14-7-12(8-15(10-14)27-2)3-6-19(25)24-20-23-18(11-28-20)13-4-5-16(21)17(22)9-13/h4-5,7-11H,3,6H2,1-2H3,(H,23,24,25). The number of amides is 1. The van der Waals surface area contributed by atoms with Crippen molar-refractivity contribution < 1.29 is 23.0 Å². The van der Waals surface area contributed by atoms with Gasteiger partial charge in [0.15, 0.2) is 16.8 Å². The van der Waals surface area contributed by atoms with Crippen LogP contribution in [0, 0.1) is 11.6 Å². The Balaban J connectivity index is 1.61. The largest absolute Gasteiger partial charge is 0.497 e. The molecule has 5 nitrogen and oxygen atoms in total. The first kappa shape index (κ1) is 19.8. The predicted octanol–water partition coefficient (Wildman–Crippen LogP) is 4.68. The third kappa shape index (κ3) is 4.83. The van der Waals surface area contributed by atoms with Gasteiger partial charge in [-0.1, -0.05) is 0 Å². The fourth-order valence-electron chi connectivity index (χ4n) is 2.57. The summed E-state index contributed by atoms with van der Waals surface area (Å²) in [6.07, 6.45) is 0.747. The molecule has 28 heavy (non-hydrogen) atoms. The molecule has 8 heteroatoms. The first-order valence-electron chi connectivity index (χ1n) is 8.41. The van der Waals surface area contributed by atoms with Crippen LogP contribution in [0.4, 0.5) is 13.9 Å². The maximum Gasteiger partial charge on any atom is 0.226 e. The highest BCUT2D eigenvalue weighted by Gasteiger charge is 2.11. The number of aromatic nitrogens is 1. The van der Waals surface area contributed by atoms with E-state index in [0.717, 1.165) is 17.7 Å². The molecular formula is C20H18F2N2O3S. The number of halogens is 2. The van der Waals surface area contributed by atoms with Gasteiger partial charge in [0.1, 0.15) is 11.5 Å². The van der Waals surface area contributed by atoms with Crippen LogP contribution in [0.5, 0.6) is 11.5 Å². The topological polar surface area (TPSA) is 60.5 Å².